The molecule has 7 heteroatoms. The maximum Gasteiger partial charge on any atom is 0.414 e. The van der Waals surface area contributed by atoms with Crippen molar-refractivity contribution >= 4 is 33.7 Å². The quantitative estimate of drug-likeness (QED) is 0.677. The molecule has 1 aromatic heterocycles. The zero-order chi connectivity index (χ0) is 14.4. The second-order valence-electron chi connectivity index (χ2n) is 3.71. The first-order valence-electron chi connectivity index (χ1n) is 5.97. The van der Waals surface area contributed by atoms with Gasteiger partial charge in [0.05, 0.1) is 12.3 Å². The van der Waals surface area contributed by atoms with Crippen LogP contribution in [0.3, 0.4) is 0 Å². The summed E-state index contributed by atoms with van der Waals surface area (Å²) in [6.07, 6.45) is 2.72. The summed E-state index contributed by atoms with van der Waals surface area (Å²) in [7, 11) is 0. The van der Waals surface area contributed by atoms with Crippen LogP contribution in [0, 0.1) is 0 Å². The number of rotatable bonds is 2. The lowest BCUT2D eigenvalue weighted by Crippen LogP contribution is -2.36. The highest BCUT2D eigenvalue weighted by Gasteiger charge is 2.09. The number of alkyl carbamates (subject to hydrolysis) is 1. The number of halogens is 1. The van der Waals surface area contributed by atoms with Crippen LogP contribution in [0.5, 0.6) is 0 Å². The minimum atomic E-state index is -0.570. The average molecular weight is 337 g/mol. The van der Waals surface area contributed by atoms with Crippen molar-refractivity contribution in [1.29, 1.82) is 0 Å². The summed E-state index contributed by atoms with van der Waals surface area (Å²) in [6, 6.07) is 9.11. The van der Waals surface area contributed by atoms with Gasteiger partial charge in [0.1, 0.15) is 0 Å². The number of hydrogen-bond acceptors (Lipinski definition) is 4. The molecule has 0 aliphatic rings. The standard InChI is InChI=1S/C13H13BrN4O2/c1-2-20-13(19)17-12(18-9-3-8-15-18)16-11-6-4-10(14)5-7-11/h3-9H,2H2,1H3,(H,16,17,19). The van der Waals surface area contributed by atoms with Crippen molar-refractivity contribution in [2.45, 2.75) is 6.92 Å². The van der Waals surface area contributed by atoms with Gasteiger partial charge in [-0.25, -0.2) is 14.5 Å². The van der Waals surface area contributed by atoms with Crippen molar-refractivity contribution in [3.05, 3.63) is 47.2 Å². The Kier molecular flexibility index (Phi) is 4.89. The molecule has 104 valence electrons. The second-order valence-corrected chi connectivity index (χ2v) is 4.62. The molecule has 0 saturated heterocycles. The van der Waals surface area contributed by atoms with Crippen LogP contribution in [0.1, 0.15) is 6.92 Å². The van der Waals surface area contributed by atoms with Crippen LogP contribution in [0.15, 0.2) is 52.2 Å². The van der Waals surface area contributed by atoms with Gasteiger partial charge in [-0.2, -0.15) is 5.10 Å². The van der Waals surface area contributed by atoms with Crippen LogP contribution in [-0.4, -0.2) is 28.4 Å². The molecule has 0 saturated carbocycles. The lowest BCUT2D eigenvalue weighted by Gasteiger charge is -2.08. The number of hydrogen-bond donors (Lipinski definition) is 1. The van der Waals surface area contributed by atoms with Crippen LogP contribution < -0.4 is 5.32 Å². The van der Waals surface area contributed by atoms with E-state index < -0.39 is 6.09 Å². The van der Waals surface area contributed by atoms with Gasteiger partial charge in [0.15, 0.2) is 0 Å². The topological polar surface area (TPSA) is 68.5 Å². The molecule has 6 nitrogen and oxygen atoms in total. The van der Waals surface area contributed by atoms with Gasteiger partial charge in [-0.3, -0.25) is 5.32 Å². The molecule has 2 aromatic rings. The molecule has 0 fully saturated rings. The smallest absolute Gasteiger partial charge is 0.414 e. The van der Waals surface area contributed by atoms with Crippen molar-refractivity contribution in [3.63, 3.8) is 0 Å². The van der Waals surface area contributed by atoms with Gasteiger partial charge in [0.2, 0.25) is 5.96 Å². The number of nitrogens with one attached hydrogen (secondary N) is 1. The highest BCUT2D eigenvalue weighted by molar-refractivity contribution is 9.10. The van der Waals surface area contributed by atoms with Gasteiger partial charge in [-0.15, -0.1) is 0 Å². The molecule has 0 atom stereocenters. The molecule has 1 N–H and O–H groups in total. The Labute approximate surface area is 124 Å². The van der Waals surface area contributed by atoms with Gasteiger partial charge in [-0.05, 0) is 37.3 Å². The van der Waals surface area contributed by atoms with Crippen LogP contribution in [-0.2, 0) is 4.74 Å². The first-order valence-corrected chi connectivity index (χ1v) is 6.76. The summed E-state index contributed by atoms with van der Waals surface area (Å²) < 4.78 is 7.26. The minimum Gasteiger partial charge on any atom is -0.450 e. The Morgan fingerprint density at radius 2 is 2.20 bits per heavy atom. The largest absolute Gasteiger partial charge is 0.450 e. The predicted molar refractivity (Wildman–Crippen MR) is 79.0 cm³/mol. The number of carbonyl (C=O) groups excluding carboxylic acids is 1. The normalized spacial score (nSPS) is 11.2. The first kappa shape index (κ1) is 14.3. The Morgan fingerprint density at radius 1 is 1.45 bits per heavy atom. The van der Waals surface area contributed by atoms with E-state index in [4.69, 9.17) is 4.74 Å². The number of carbonyl (C=O) groups is 1. The van der Waals surface area contributed by atoms with Crippen molar-refractivity contribution in [1.82, 2.24) is 15.1 Å². The summed E-state index contributed by atoms with van der Waals surface area (Å²) in [5.41, 5.74) is 0.690. The summed E-state index contributed by atoms with van der Waals surface area (Å²) in [5, 5.41) is 6.61. The SMILES string of the molecule is CCOC(=O)NC(=Nc1ccc(Br)cc1)n1cccn1. The number of benzene rings is 1. The highest BCUT2D eigenvalue weighted by atomic mass is 79.9. The second kappa shape index (κ2) is 6.85. The first-order chi connectivity index (χ1) is 9.69. The summed E-state index contributed by atoms with van der Waals surface area (Å²) in [4.78, 5) is 15.9. The fourth-order valence-electron chi connectivity index (χ4n) is 1.43. The van der Waals surface area contributed by atoms with Gasteiger partial charge < -0.3 is 4.74 Å². The zero-order valence-corrected chi connectivity index (χ0v) is 12.4. The molecule has 1 heterocycles. The van der Waals surface area contributed by atoms with E-state index in [0.717, 1.165) is 4.47 Å². The lowest BCUT2D eigenvalue weighted by molar-refractivity contribution is 0.157. The van der Waals surface area contributed by atoms with Gasteiger partial charge in [-0.1, -0.05) is 15.9 Å². The molecular weight excluding hydrogens is 324 g/mol. The van der Waals surface area contributed by atoms with E-state index >= 15 is 0 Å². The molecule has 1 amide bonds. The van der Waals surface area contributed by atoms with E-state index in [0.29, 0.717) is 5.69 Å². The van der Waals surface area contributed by atoms with Crippen LogP contribution >= 0.6 is 15.9 Å². The fraction of sp³-hybridized carbons (Fsp3) is 0.154. The number of aliphatic imine (C=N–C) groups is 1. The van der Waals surface area contributed by atoms with Gasteiger partial charge in [0.25, 0.3) is 0 Å². The number of amides is 1. The fourth-order valence-corrected chi connectivity index (χ4v) is 1.69. The van der Waals surface area contributed by atoms with Crippen LogP contribution in [0.4, 0.5) is 10.5 Å². The summed E-state index contributed by atoms with van der Waals surface area (Å²) in [5.74, 6) is 0.274. The Morgan fingerprint density at radius 3 is 2.80 bits per heavy atom. The molecule has 20 heavy (non-hydrogen) atoms. The van der Waals surface area contributed by atoms with E-state index in [2.05, 4.69) is 31.3 Å². The zero-order valence-electron chi connectivity index (χ0n) is 10.8. The Balaban J connectivity index is 2.26. The average Bonchev–Trinajstić information content (AvgIpc) is 2.95. The molecular formula is C13H13BrN4O2. The van der Waals surface area contributed by atoms with E-state index in [-0.39, 0.29) is 12.6 Å². The molecule has 0 aliphatic carbocycles. The number of nitrogens with zero attached hydrogens (tertiary/aromatic N) is 3. The minimum absolute atomic E-state index is 0.274. The van der Waals surface area contributed by atoms with Crippen molar-refractivity contribution in [2.75, 3.05) is 6.61 Å². The Bertz CT molecular complexity index is 593. The Hall–Kier alpha value is -2.15. The van der Waals surface area contributed by atoms with Crippen LogP contribution in [0.2, 0.25) is 0 Å². The molecule has 0 unspecified atom stereocenters. The molecule has 0 aliphatic heterocycles. The summed E-state index contributed by atoms with van der Waals surface area (Å²) in [6.45, 7) is 2.02. The molecule has 0 radical (unpaired) electrons. The van der Waals surface area contributed by atoms with E-state index in [9.17, 15) is 4.79 Å². The molecule has 0 spiro atoms. The molecule has 1 aromatic carbocycles. The third-order valence-corrected chi connectivity index (χ3v) is 2.80. The van der Waals surface area contributed by atoms with Gasteiger partial charge >= 0.3 is 6.09 Å². The van der Waals surface area contributed by atoms with E-state index in [1.807, 2.05) is 24.3 Å². The third kappa shape index (κ3) is 3.92. The number of ether oxygens (including phenoxy) is 1. The predicted octanol–water partition coefficient (Wildman–Crippen LogP) is 2.93. The van der Waals surface area contributed by atoms with Crippen molar-refractivity contribution in [3.8, 4) is 0 Å². The van der Waals surface area contributed by atoms with Crippen molar-refractivity contribution in [2.24, 2.45) is 4.99 Å². The van der Waals surface area contributed by atoms with E-state index in [1.165, 1.54) is 4.68 Å². The maximum absolute atomic E-state index is 11.5. The molecule has 0 bridgehead atoms. The third-order valence-electron chi connectivity index (χ3n) is 2.27. The number of aromatic nitrogens is 2. The highest BCUT2D eigenvalue weighted by Crippen LogP contribution is 2.16. The van der Waals surface area contributed by atoms with Crippen LogP contribution in [0.25, 0.3) is 0 Å². The van der Waals surface area contributed by atoms with Gasteiger partial charge in [0, 0.05) is 16.9 Å². The lowest BCUT2D eigenvalue weighted by atomic mass is 10.3. The molecule has 2 rings (SSSR count). The maximum atomic E-state index is 11.5. The van der Waals surface area contributed by atoms with Crippen molar-refractivity contribution < 1.29 is 9.53 Å². The van der Waals surface area contributed by atoms with E-state index in [1.54, 1.807) is 25.4 Å². The summed E-state index contributed by atoms with van der Waals surface area (Å²) >= 11 is 3.36. The monoisotopic (exact) mass is 336 g/mol.